The largest absolute Gasteiger partial charge is 0.357 e. The van der Waals surface area contributed by atoms with Gasteiger partial charge in [-0.05, 0) is 14.1 Å². The molecule has 0 saturated carbocycles. The quantitative estimate of drug-likeness (QED) is 0.836. The van der Waals surface area contributed by atoms with Crippen molar-refractivity contribution in [2.45, 2.75) is 19.0 Å². The molecule has 1 aliphatic rings. The van der Waals surface area contributed by atoms with E-state index in [0.717, 1.165) is 12.2 Å². The molecule has 1 aromatic heterocycles. The maximum absolute atomic E-state index is 11.6. The second-order valence-corrected chi connectivity index (χ2v) is 5.18. The van der Waals surface area contributed by atoms with Gasteiger partial charge in [0.2, 0.25) is 0 Å². The van der Waals surface area contributed by atoms with Crippen molar-refractivity contribution in [3.8, 4) is 0 Å². The van der Waals surface area contributed by atoms with Crippen LogP contribution in [0.1, 0.15) is 12.1 Å². The highest BCUT2D eigenvalue weighted by Crippen LogP contribution is 2.14. The average Bonchev–Trinajstić information content (AvgIpc) is 2.64. The third-order valence-corrected chi connectivity index (χ3v) is 2.99. The highest BCUT2D eigenvalue weighted by molar-refractivity contribution is 6.65. The van der Waals surface area contributed by atoms with E-state index in [4.69, 9.17) is 11.6 Å². The van der Waals surface area contributed by atoms with Gasteiger partial charge in [0.25, 0.3) is 5.91 Å². The molecule has 0 aliphatic carbocycles. The number of amides is 1. The Labute approximate surface area is 116 Å². The van der Waals surface area contributed by atoms with Crippen LogP contribution in [0.3, 0.4) is 0 Å². The number of carbonyl (C=O) groups is 1. The van der Waals surface area contributed by atoms with Gasteiger partial charge in [-0.2, -0.15) is 10.2 Å². The van der Waals surface area contributed by atoms with Gasteiger partial charge in [-0.3, -0.25) is 9.48 Å². The van der Waals surface area contributed by atoms with Crippen LogP contribution in [0.5, 0.6) is 0 Å². The third-order valence-electron chi connectivity index (χ3n) is 2.75. The maximum atomic E-state index is 11.6. The first kappa shape index (κ1) is 13.8. The predicted octanol–water partition coefficient (Wildman–Crippen LogP) is 0.334. The Hall–Kier alpha value is -1.60. The molecule has 0 aromatic carbocycles. The topological polar surface area (TPSA) is 74.6 Å². The van der Waals surface area contributed by atoms with E-state index >= 15 is 0 Å². The minimum atomic E-state index is -0.438. The van der Waals surface area contributed by atoms with Crippen molar-refractivity contribution in [1.82, 2.24) is 20.1 Å². The van der Waals surface area contributed by atoms with E-state index in [2.05, 4.69) is 25.8 Å². The van der Waals surface area contributed by atoms with Crippen LogP contribution in [0, 0.1) is 0 Å². The summed E-state index contributed by atoms with van der Waals surface area (Å²) < 4.78 is 1.79. The zero-order valence-corrected chi connectivity index (χ0v) is 11.9. The number of halogens is 1. The lowest BCUT2D eigenvalue weighted by atomic mass is 10.2. The predicted molar refractivity (Wildman–Crippen MR) is 74.1 cm³/mol. The lowest BCUT2D eigenvalue weighted by molar-refractivity contribution is -0.122. The first-order valence-corrected chi connectivity index (χ1v) is 6.29. The van der Waals surface area contributed by atoms with Crippen molar-refractivity contribution in [3.05, 3.63) is 11.8 Å². The second-order valence-electron chi connectivity index (χ2n) is 4.75. The van der Waals surface area contributed by atoms with Gasteiger partial charge in [-0.15, -0.1) is 0 Å². The molecule has 8 heteroatoms. The van der Waals surface area contributed by atoms with Gasteiger partial charge in [-0.25, -0.2) is 5.43 Å². The number of aromatic nitrogens is 2. The molecule has 2 N–H and O–H groups in total. The van der Waals surface area contributed by atoms with Crippen LogP contribution in [-0.2, 0) is 18.4 Å². The van der Waals surface area contributed by atoms with E-state index in [0.29, 0.717) is 17.4 Å². The molecular formula is C11H17ClN6O. The molecular weight excluding hydrogens is 268 g/mol. The van der Waals surface area contributed by atoms with Gasteiger partial charge >= 0.3 is 0 Å². The van der Waals surface area contributed by atoms with Crippen molar-refractivity contribution in [2.75, 3.05) is 19.4 Å². The molecule has 2 heterocycles. The van der Waals surface area contributed by atoms with E-state index in [1.807, 2.05) is 27.2 Å². The smallest absolute Gasteiger partial charge is 0.263 e. The Balaban J connectivity index is 2.07. The fourth-order valence-corrected chi connectivity index (χ4v) is 2.04. The van der Waals surface area contributed by atoms with Gasteiger partial charge in [-0.1, -0.05) is 11.6 Å². The van der Waals surface area contributed by atoms with Crippen LogP contribution >= 0.6 is 11.6 Å². The normalized spacial score (nSPS) is 19.3. The van der Waals surface area contributed by atoms with E-state index in [-0.39, 0.29) is 5.91 Å². The first-order chi connectivity index (χ1) is 8.95. The molecule has 1 unspecified atom stereocenters. The second kappa shape index (κ2) is 5.58. The van der Waals surface area contributed by atoms with Crippen LogP contribution in [-0.4, -0.2) is 45.9 Å². The summed E-state index contributed by atoms with van der Waals surface area (Å²) in [7, 11) is 5.86. The molecule has 1 aromatic rings. The lowest BCUT2D eigenvalue weighted by Gasteiger charge is -2.19. The molecule has 1 atom stereocenters. The number of aryl methyl sites for hydroxylation is 1. The summed E-state index contributed by atoms with van der Waals surface area (Å²) in [6.45, 7) is 0.782. The van der Waals surface area contributed by atoms with Gasteiger partial charge in [0.15, 0.2) is 0 Å². The van der Waals surface area contributed by atoms with Gasteiger partial charge in [0, 0.05) is 26.1 Å². The maximum Gasteiger partial charge on any atom is 0.263 e. The van der Waals surface area contributed by atoms with Crippen molar-refractivity contribution < 1.29 is 4.79 Å². The molecule has 0 saturated heterocycles. The summed E-state index contributed by atoms with van der Waals surface area (Å²) in [6, 6.07) is 1.49. The van der Waals surface area contributed by atoms with Crippen molar-refractivity contribution in [3.63, 3.8) is 0 Å². The van der Waals surface area contributed by atoms with E-state index < -0.39 is 6.04 Å². The molecule has 0 spiro atoms. The number of nitrogens with one attached hydrogen (secondary N) is 2. The van der Waals surface area contributed by atoms with E-state index in [1.54, 1.807) is 4.68 Å². The van der Waals surface area contributed by atoms with Crippen molar-refractivity contribution in [2.24, 2.45) is 12.1 Å². The SMILES string of the molecule is CN(C)Cc1cc(NC2CC(Cl)=NNC2=O)nn1C. The molecule has 19 heavy (non-hydrogen) atoms. The fourth-order valence-electron chi connectivity index (χ4n) is 1.84. The van der Waals surface area contributed by atoms with Crippen molar-refractivity contribution >= 4 is 28.5 Å². The zero-order chi connectivity index (χ0) is 14.0. The molecule has 1 amide bonds. The summed E-state index contributed by atoms with van der Waals surface area (Å²) >= 11 is 5.81. The summed E-state index contributed by atoms with van der Waals surface area (Å²) in [6.07, 6.45) is 0.368. The van der Waals surface area contributed by atoms with Crippen LogP contribution in [0.4, 0.5) is 5.82 Å². The highest BCUT2D eigenvalue weighted by Gasteiger charge is 2.24. The summed E-state index contributed by atoms with van der Waals surface area (Å²) in [5.74, 6) is 0.454. The highest BCUT2D eigenvalue weighted by atomic mass is 35.5. The number of rotatable bonds is 4. The number of hydrazone groups is 1. The molecule has 2 rings (SSSR count). The zero-order valence-electron chi connectivity index (χ0n) is 11.1. The summed E-state index contributed by atoms with van der Waals surface area (Å²) in [5, 5.41) is 11.5. The monoisotopic (exact) mass is 284 g/mol. The Morgan fingerprint density at radius 2 is 2.37 bits per heavy atom. The average molecular weight is 285 g/mol. The van der Waals surface area contributed by atoms with Crippen LogP contribution in [0.15, 0.2) is 11.2 Å². The first-order valence-electron chi connectivity index (χ1n) is 5.92. The Bertz CT molecular complexity index is 509. The molecule has 104 valence electrons. The van der Waals surface area contributed by atoms with E-state index in [9.17, 15) is 4.79 Å². The number of nitrogens with zero attached hydrogens (tertiary/aromatic N) is 4. The number of anilines is 1. The van der Waals surface area contributed by atoms with Crippen LogP contribution in [0.2, 0.25) is 0 Å². The van der Waals surface area contributed by atoms with Crippen LogP contribution < -0.4 is 10.7 Å². The molecule has 0 bridgehead atoms. The third kappa shape index (κ3) is 3.45. The molecule has 0 fully saturated rings. The minimum absolute atomic E-state index is 0.204. The Kier molecular flexibility index (Phi) is 4.06. The fraction of sp³-hybridized carbons (Fsp3) is 0.545. The van der Waals surface area contributed by atoms with Gasteiger partial charge in [0.1, 0.15) is 17.0 Å². The molecule has 7 nitrogen and oxygen atoms in total. The number of carbonyl (C=O) groups excluding carboxylic acids is 1. The summed E-state index contributed by atoms with van der Waals surface area (Å²) in [5.41, 5.74) is 3.43. The Morgan fingerprint density at radius 3 is 3.05 bits per heavy atom. The lowest BCUT2D eigenvalue weighted by Crippen LogP contribution is -2.42. The molecule has 1 aliphatic heterocycles. The standard InChI is InChI=1S/C11H17ClN6O/c1-17(2)6-7-4-10(16-18(7)3)13-8-5-9(12)14-15-11(8)19/h4,8H,5-6H2,1-3H3,(H,13,16)(H,15,19). The van der Waals surface area contributed by atoms with Gasteiger partial charge < -0.3 is 10.2 Å². The molecule has 0 radical (unpaired) electrons. The number of hydrogen-bond donors (Lipinski definition) is 2. The number of hydrogen-bond acceptors (Lipinski definition) is 5. The van der Waals surface area contributed by atoms with Crippen LogP contribution in [0.25, 0.3) is 0 Å². The Morgan fingerprint density at radius 1 is 1.63 bits per heavy atom. The van der Waals surface area contributed by atoms with Crippen molar-refractivity contribution in [1.29, 1.82) is 0 Å². The summed E-state index contributed by atoms with van der Waals surface area (Å²) in [4.78, 5) is 13.7. The van der Waals surface area contributed by atoms with Gasteiger partial charge in [0.05, 0.1) is 5.69 Å². The minimum Gasteiger partial charge on any atom is -0.357 e. The van der Waals surface area contributed by atoms with E-state index in [1.165, 1.54) is 0 Å².